The fourth-order valence-corrected chi connectivity index (χ4v) is 2.20. The van der Waals surface area contributed by atoms with E-state index in [4.69, 9.17) is 0 Å². The highest BCUT2D eigenvalue weighted by atomic mass is 14.2. The summed E-state index contributed by atoms with van der Waals surface area (Å²) in [6.45, 7) is 21.5. The molecular formula is C18H38. The van der Waals surface area contributed by atoms with Crippen molar-refractivity contribution in [1.29, 1.82) is 0 Å². The Hall–Kier alpha value is -0.520. The summed E-state index contributed by atoms with van der Waals surface area (Å²) in [5.41, 5.74) is 1.88. The van der Waals surface area contributed by atoms with Gasteiger partial charge in [0.05, 0.1) is 0 Å². The number of hydrogen-bond donors (Lipinski definition) is 0. The molecule has 0 aliphatic heterocycles. The van der Waals surface area contributed by atoms with Crippen LogP contribution in [-0.2, 0) is 0 Å². The van der Waals surface area contributed by atoms with Crippen molar-refractivity contribution in [2.75, 3.05) is 0 Å². The molecule has 0 radical (unpaired) electrons. The van der Waals surface area contributed by atoms with Gasteiger partial charge in [0.1, 0.15) is 0 Å². The summed E-state index contributed by atoms with van der Waals surface area (Å²) in [7, 11) is 0. The van der Waals surface area contributed by atoms with Gasteiger partial charge in [0.2, 0.25) is 0 Å². The Morgan fingerprint density at radius 3 is 1.72 bits per heavy atom. The van der Waals surface area contributed by atoms with E-state index in [1.165, 1.54) is 18.4 Å². The molecule has 0 nitrogen and oxygen atoms in total. The van der Waals surface area contributed by atoms with Gasteiger partial charge in [-0.15, -0.1) is 0 Å². The van der Waals surface area contributed by atoms with E-state index in [0.717, 1.165) is 5.92 Å². The van der Waals surface area contributed by atoms with Crippen molar-refractivity contribution < 1.29 is 0 Å². The molecule has 110 valence electrons. The molecule has 0 atom stereocenters. The summed E-state index contributed by atoms with van der Waals surface area (Å²) in [5, 5.41) is 0. The molecule has 0 saturated carbocycles. The first kappa shape index (κ1) is 22.6. The van der Waals surface area contributed by atoms with Crippen LogP contribution in [0.15, 0.2) is 23.8 Å². The van der Waals surface area contributed by atoms with E-state index in [9.17, 15) is 0 Å². The average molecular weight is 255 g/mol. The van der Waals surface area contributed by atoms with Crippen LogP contribution in [0.3, 0.4) is 0 Å². The Morgan fingerprint density at radius 2 is 1.44 bits per heavy atom. The number of allylic oxidation sites excluding steroid dienone is 4. The van der Waals surface area contributed by atoms with Crippen LogP contribution in [-0.4, -0.2) is 0 Å². The van der Waals surface area contributed by atoms with Crippen LogP contribution in [0.1, 0.15) is 82.1 Å². The SMILES string of the molecule is C/C=C\C(=C/C)CC(C)(C)CC(C)C.CC.CC. The van der Waals surface area contributed by atoms with Crippen molar-refractivity contribution in [1.82, 2.24) is 0 Å². The largest absolute Gasteiger partial charge is 0.0874 e. The van der Waals surface area contributed by atoms with E-state index in [1.54, 1.807) is 0 Å². The molecule has 0 saturated heterocycles. The quantitative estimate of drug-likeness (QED) is 0.462. The maximum absolute atomic E-state index is 2.36. The lowest BCUT2D eigenvalue weighted by atomic mass is 9.78. The van der Waals surface area contributed by atoms with E-state index in [2.05, 4.69) is 59.8 Å². The molecule has 0 aromatic rings. The van der Waals surface area contributed by atoms with Gasteiger partial charge in [-0.2, -0.15) is 0 Å². The van der Waals surface area contributed by atoms with Gasteiger partial charge in [0.15, 0.2) is 0 Å². The van der Waals surface area contributed by atoms with E-state index < -0.39 is 0 Å². The Morgan fingerprint density at radius 1 is 1.00 bits per heavy atom. The molecule has 0 unspecified atom stereocenters. The smallest absolute Gasteiger partial charge is 0.0231 e. The highest BCUT2D eigenvalue weighted by Crippen LogP contribution is 2.32. The first-order chi connectivity index (χ1) is 8.41. The van der Waals surface area contributed by atoms with Crippen LogP contribution in [0.4, 0.5) is 0 Å². The van der Waals surface area contributed by atoms with Crippen LogP contribution >= 0.6 is 0 Å². The molecule has 0 aliphatic carbocycles. The zero-order valence-corrected chi connectivity index (χ0v) is 14.7. The number of rotatable bonds is 5. The van der Waals surface area contributed by atoms with Gasteiger partial charge in [-0.1, -0.05) is 79.2 Å². The van der Waals surface area contributed by atoms with Crippen molar-refractivity contribution >= 4 is 0 Å². The lowest BCUT2D eigenvalue weighted by Gasteiger charge is -2.27. The van der Waals surface area contributed by atoms with Gasteiger partial charge < -0.3 is 0 Å². The molecule has 18 heavy (non-hydrogen) atoms. The summed E-state index contributed by atoms with van der Waals surface area (Å²) in [5.74, 6) is 0.786. The van der Waals surface area contributed by atoms with Gasteiger partial charge in [0, 0.05) is 0 Å². The molecule has 0 aliphatic rings. The Balaban J connectivity index is -0.000000506. The predicted octanol–water partition coefficient (Wildman–Crippen LogP) is 7.02. The van der Waals surface area contributed by atoms with E-state index in [-0.39, 0.29) is 0 Å². The second kappa shape index (κ2) is 14.5. The summed E-state index contributed by atoms with van der Waals surface area (Å²) < 4.78 is 0. The first-order valence-corrected chi connectivity index (χ1v) is 7.69. The number of hydrogen-bond acceptors (Lipinski definition) is 0. The van der Waals surface area contributed by atoms with Crippen molar-refractivity contribution in [2.45, 2.75) is 82.1 Å². The van der Waals surface area contributed by atoms with Crippen molar-refractivity contribution in [3.8, 4) is 0 Å². The Bertz CT molecular complexity index is 204. The molecule has 0 heterocycles. The third kappa shape index (κ3) is 15.5. The molecule has 0 aromatic heterocycles. The van der Waals surface area contributed by atoms with E-state index in [1.807, 2.05) is 27.7 Å². The van der Waals surface area contributed by atoms with E-state index >= 15 is 0 Å². The van der Waals surface area contributed by atoms with Gasteiger partial charge in [-0.05, 0) is 38.0 Å². The monoisotopic (exact) mass is 254 g/mol. The maximum atomic E-state index is 2.36. The normalized spacial score (nSPS) is 11.8. The molecule has 0 N–H and O–H groups in total. The second-order valence-corrected chi connectivity index (χ2v) is 5.30. The lowest BCUT2D eigenvalue weighted by Crippen LogP contribution is -2.14. The van der Waals surface area contributed by atoms with Gasteiger partial charge in [-0.3, -0.25) is 0 Å². The Kier molecular flexibility index (Phi) is 18.3. The second-order valence-electron chi connectivity index (χ2n) is 5.30. The summed E-state index contributed by atoms with van der Waals surface area (Å²) >= 11 is 0. The highest BCUT2D eigenvalue weighted by Gasteiger charge is 2.19. The summed E-state index contributed by atoms with van der Waals surface area (Å²) in [6.07, 6.45) is 9.05. The fraction of sp³-hybridized carbons (Fsp3) is 0.778. The first-order valence-electron chi connectivity index (χ1n) is 7.69. The van der Waals surface area contributed by atoms with Crippen LogP contribution in [0.25, 0.3) is 0 Å². The molecule has 0 amide bonds. The summed E-state index contributed by atoms with van der Waals surface area (Å²) in [6, 6.07) is 0. The van der Waals surface area contributed by atoms with Crippen LogP contribution in [0.5, 0.6) is 0 Å². The zero-order chi connectivity index (χ0) is 15.2. The summed E-state index contributed by atoms with van der Waals surface area (Å²) in [4.78, 5) is 0. The van der Waals surface area contributed by atoms with Crippen molar-refractivity contribution in [3.63, 3.8) is 0 Å². The molecule has 0 bridgehead atoms. The lowest BCUT2D eigenvalue weighted by molar-refractivity contribution is 0.286. The minimum Gasteiger partial charge on any atom is -0.0874 e. The van der Waals surface area contributed by atoms with Crippen LogP contribution in [0.2, 0.25) is 0 Å². The fourth-order valence-electron chi connectivity index (χ4n) is 2.20. The van der Waals surface area contributed by atoms with Crippen molar-refractivity contribution in [3.05, 3.63) is 23.8 Å². The van der Waals surface area contributed by atoms with Gasteiger partial charge in [-0.25, -0.2) is 0 Å². The highest BCUT2D eigenvalue weighted by molar-refractivity contribution is 5.18. The minimum atomic E-state index is 0.426. The minimum absolute atomic E-state index is 0.426. The third-order valence-electron chi connectivity index (χ3n) is 2.40. The van der Waals surface area contributed by atoms with Gasteiger partial charge in [0.25, 0.3) is 0 Å². The standard InChI is InChI=1S/C14H26.2C2H6/c1-7-9-13(8-2)11-14(5,6)10-12(3)4;2*1-2/h7-9,12H,10-11H2,1-6H3;2*1-2H3/b9-7-,13-8+;;. The van der Waals surface area contributed by atoms with Crippen LogP contribution in [0, 0.1) is 11.3 Å². The molecule has 0 rings (SSSR count). The molecule has 0 spiro atoms. The Labute approximate surface area is 118 Å². The molecule has 0 heteroatoms. The zero-order valence-electron chi connectivity index (χ0n) is 14.7. The molecule has 0 aromatic carbocycles. The third-order valence-corrected chi connectivity index (χ3v) is 2.40. The topological polar surface area (TPSA) is 0 Å². The van der Waals surface area contributed by atoms with Crippen molar-refractivity contribution in [2.24, 2.45) is 11.3 Å². The maximum Gasteiger partial charge on any atom is -0.0231 e. The average Bonchev–Trinajstić information content (AvgIpc) is 2.31. The van der Waals surface area contributed by atoms with E-state index in [0.29, 0.717) is 5.41 Å². The van der Waals surface area contributed by atoms with Gasteiger partial charge >= 0.3 is 0 Å². The predicted molar refractivity (Wildman–Crippen MR) is 89.1 cm³/mol. The molecular weight excluding hydrogens is 216 g/mol. The molecule has 0 fully saturated rings. The van der Waals surface area contributed by atoms with Crippen LogP contribution < -0.4 is 0 Å².